The summed E-state index contributed by atoms with van der Waals surface area (Å²) in [5.74, 6) is -4.71. The highest BCUT2D eigenvalue weighted by Crippen LogP contribution is 2.61. The molecule has 13 atom stereocenters. The lowest BCUT2D eigenvalue weighted by molar-refractivity contribution is -0.258. The Kier molecular flexibility index (Phi) is 12.0. The van der Waals surface area contributed by atoms with Crippen molar-refractivity contribution in [3.63, 3.8) is 0 Å². The predicted octanol–water partition coefficient (Wildman–Crippen LogP) is 7.97. The maximum atomic E-state index is 15.2. The molecule has 0 radical (unpaired) electrons. The number of allylic oxidation sites excluding steroid dienone is 5. The van der Waals surface area contributed by atoms with Gasteiger partial charge in [-0.2, -0.15) is 0 Å². The summed E-state index contributed by atoms with van der Waals surface area (Å²) < 4.78 is 19.4. The number of aromatic amines is 1. The molecule has 5 N–H and O–H groups in total. The number of carboxylic acid groups (broad SMARTS) is 1. The number of carbonyl (C=O) groups is 4. The van der Waals surface area contributed by atoms with Crippen LogP contribution >= 0.6 is 23.2 Å². The molecule has 0 aromatic carbocycles. The Morgan fingerprint density at radius 3 is 2.49 bits per heavy atom. The van der Waals surface area contributed by atoms with Crippen LogP contribution in [0.2, 0.25) is 10.2 Å². The monoisotopic (exact) mass is 854 g/mol. The SMILES string of the molecule is CC[C@H]1C[C@@]23OC(=O)C(=C(O)[C@@]4(CC)[C@@H]5CC[C@H](C)[C@H](O[C@H]6C[C@@H](O)[C@H](NC(=O)c7[nH]c(Cl)cc7Cl)[C@@H](C)O6)[C@H]5C=C[C@H]4CC=CCC(C)=C[C@@]2(C)C=C1C(=O)O)C3=O. The predicted molar refractivity (Wildman–Crippen MR) is 220 cm³/mol. The van der Waals surface area contributed by atoms with Crippen molar-refractivity contribution in [2.45, 2.75) is 129 Å². The third-order valence-corrected chi connectivity index (χ3v) is 14.9. The van der Waals surface area contributed by atoms with Crippen molar-refractivity contribution >= 4 is 46.8 Å². The molecule has 4 aliphatic carbocycles. The van der Waals surface area contributed by atoms with E-state index in [1.165, 1.54) is 6.07 Å². The maximum absolute atomic E-state index is 15.2. The molecule has 3 fully saturated rings. The van der Waals surface area contributed by atoms with E-state index in [4.69, 9.17) is 37.4 Å². The quantitative estimate of drug-likeness (QED) is 0.102. The molecule has 320 valence electrons. The van der Waals surface area contributed by atoms with Gasteiger partial charge < -0.3 is 39.8 Å². The lowest BCUT2D eigenvalue weighted by atomic mass is 9.51. The second-order valence-electron chi connectivity index (χ2n) is 17.8. The van der Waals surface area contributed by atoms with Crippen LogP contribution in [0.15, 0.2) is 65.0 Å². The van der Waals surface area contributed by atoms with Gasteiger partial charge in [0.05, 0.1) is 34.8 Å². The van der Waals surface area contributed by atoms with E-state index in [-0.39, 0.29) is 69.3 Å². The van der Waals surface area contributed by atoms with Gasteiger partial charge in [-0.25, -0.2) is 9.59 Å². The number of Topliss-reactive ketones (excluding diaryl/α,β-unsaturated/α-hetero) is 1. The van der Waals surface area contributed by atoms with Gasteiger partial charge in [0.1, 0.15) is 22.2 Å². The molecule has 1 aromatic rings. The van der Waals surface area contributed by atoms with Crippen LogP contribution in [-0.2, 0) is 28.6 Å². The first-order chi connectivity index (χ1) is 27.9. The number of amides is 1. The first kappa shape index (κ1) is 43.4. The summed E-state index contributed by atoms with van der Waals surface area (Å²) in [6.07, 6.45) is 12.3. The van der Waals surface area contributed by atoms with Gasteiger partial charge in [0.25, 0.3) is 5.91 Å². The molecule has 0 unspecified atom stereocenters. The number of ether oxygens (including phenoxy) is 3. The van der Waals surface area contributed by atoms with E-state index in [9.17, 15) is 29.7 Å². The van der Waals surface area contributed by atoms with Crippen molar-refractivity contribution < 1.29 is 48.7 Å². The molecule has 6 aliphatic rings. The fourth-order valence-corrected chi connectivity index (χ4v) is 11.9. The van der Waals surface area contributed by atoms with E-state index in [0.717, 1.165) is 12.0 Å². The zero-order valence-corrected chi connectivity index (χ0v) is 35.9. The fraction of sp³-hybridized carbons (Fsp3) is 0.600. The number of fused-ring (bicyclic) bond motifs is 4. The van der Waals surface area contributed by atoms with Crippen LogP contribution in [0.1, 0.15) is 103 Å². The molecule has 12 nitrogen and oxygen atoms in total. The van der Waals surface area contributed by atoms with E-state index in [1.807, 2.05) is 26.8 Å². The topological polar surface area (TPSA) is 184 Å². The number of aliphatic carboxylic acids is 1. The average molecular weight is 856 g/mol. The maximum Gasteiger partial charge on any atom is 0.346 e. The van der Waals surface area contributed by atoms with E-state index >= 15 is 4.79 Å². The lowest BCUT2D eigenvalue weighted by Gasteiger charge is -2.55. The fourth-order valence-electron chi connectivity index (χ4n) is 11.4. The first-order valence-corrected chi connectivity index (χ1v) is 21.7. The summed E-state index contributed by atoms with van der Waals surface area (Å²) in [5, 5.41) is 37.6. The Bertz CT molecular complexity index is 2040. The summed E-state index contributed by atoms with van der Waals surface area (Å²) in [7, 11) is 0. The van der Waals surface area contributed by atoms with Crippen LogP contribution in [0.3, 0.4) is 0 Å². The van der Waals surface area contributed by atoms with E-state index in [2.05, 4.69) is 41.5 Å². The molecule has 1 amide bonds. The van der Waals surface area contributed by atoms with Crippen LogP contribution in [0, 0.1) is 40.4 Å². The Morgan fingerprint density at radius 1 is 1.10 bits per heavy atom. The summed E-state index contributed by atoms with van der Waals surface area (Å²) in [6.45, 7) is 11.4. The van der Waals surface area contributed by atoms with Crippen LogP contribution in [-0.4, -0.2) is 80.2 Å². The third kappa shape index (κ3) is 7.24. The van der Waals surface area contributed by atoms with Gasteiger partial charge in [-0.3, -0.25) is 9.59 Å². The lowest BCUT2D eigenvalue weighted by Crippen LogP contribution is -2.58. The average Bonchev–Trinajstić information content (AvgIpc) is 3.65. The van der Waals surface area contributed by atoms with Gasteiger partial charge in [0, 0.05) is 29.7 Å². The number of carboxylic acids is 1. The minimum absolute atomic E-state index is 0.0225. The second-order valence-corrected chi connectivity index (χ2v) is 18.6. The highest BCUT2D eigenvalue weighted by molar-refractivity contribution is 6.36. The number of aromatic nitrogens is 1. The van der Waals surface area contributed by atoms with Gasteiger partial charge in [0.2, 0.25) is 5.78 Å². The molecule has 59 heavy (non-hydrogen) atoms. The molecule has 1 spiro atoms. The second kappa shape index (κ2) is 16.3. The number of carbonyl (C=O) groups excluding carboxylic acids is 3. The summed E-state index contributed by atoms with van der Waals surface area (Å²) in [5.41, 5.74) is -3.32. The number of aliphatic hydroxyl groups is 2. The third-order valence-electron chi connectivity index (χ3n) is 14.4. The first-order valence-electron chi connectivity index (χ1n) is 20.9. The van der Waals surface area contributed by atoms with E-state index in [1.54, 1.807) is 19.9 Å². The minimum Gasteiger partial charge on any atom is -0.511 e. The Balaban J connectivity index is 1.23. The number of H-pyrrole nitrogens is 1. The minimum atomic E-state index is -1.75. The largest absolute Gasteiger partial charge is 0.511 e. The van der Waals surface area contributed by atoms with Crippen LogP contribution < -0.4 is 5.32 Å². The highest BCUT2D eigenvalue weighted by atomic mass is 35.5. The van der Waals surface area contributed by atoms with Gasteiger partial charge in [-0.05, 0) is 89.0 Å². The van der Waals surface area contributed by atoms with Gasteiger partial charge >= 0.3 is 11.9 Å². The van der Waals surface area contributed by atoms with Crippen molar-refractivity contribution in [3.8, 4) is 0 Å². The molecule has 2 bridgehead atoms. The molecule has 14 heteroatoms. The summed E-state index contributed by atoms with van der Waals surface area (Å²) in [6, 6.07) is 0.664. The Labute approximate surface area is 355 Å². The molecule has 1 aromatic heterocycles. The van der Waals surface area contributed by atoms with Gasteiger partial charge in [0.15, 0.2) is 11.9 Å². The number of nitrogens with one attached hydrogen (secondary N) is 2. The number of ketones is 1. The van der Waals surface area contributed by atoms with E-state index in [0.29, 0.717) is 32.1 Å². The molecule has 2 saturated heterocycles. The van der Waals surface area contributed by atoms with Crippen molar-refractivity contribution in [2.24, 2.45) is 40.4 Å². The summed E-state index contributed by atoms with van der Waals surface area (Å²) in [4.78, 5) is 57.7. The number of esters is 1. The molecule has 7 rings (SSSR count). The van der Waals surface area contributed by atoms with Crippen LogP contribution in [0.25, 0.3) is 0 Å². The van der Waals surface area contributed by atoms with Crippen molar-refractivity contribution in [2.75, 3.05) is 0 Å². The van der Waals surface area contributed by atoms with Crippen molar-refractivity contribution in [3.05, 3.63) is 80.9 Å². The molecule has 3 heterocycles. The highest BCUT2D eigenvalue weighted by Gasteiger charge is 2.67. The van der Waals surface area contributed by atoms with Crippen LogP contribution in [0.4, 0.5) is 0 Å². The number of hydrogen-bond donors (Lipinski definition) is 5. The number of aliphatic hydroxyl groups excluding tert-OH is 2. The standard InChI is InChI=1S/C45H56Cl2N2O10/c1-7-25-20-45-39(52)34(42(56)59-45)38(51)44(8-2)26(12-10-9-11-22(3)19-43(45,6)21-28(25)41(54)55)14-15-27-29(44)16-13-23(4)37(27)58-33-18-31(50)35(24(5)57-33)49-40(53)36-30(46)17-32(47)48-36/h9-10,14-15,17,19,21,23-27,29,31,33,35,37,48,50-51H,7-8,11-13,16,18,20H2,1-6H3,(H,49,53)(H,54,55)/t23-,24+,25-,26+,27-,29+,31+,33-,35+,37-,43-,44+,45-/m0/s1. The molecule has 1 saturated carbocycles. The molecule has 2 aliphatic heterocycles. The number of rotatable bonds is 7. The number of halogens is 2. The van der Waals surface area contributed by atoms with Gasteiger partial charge in [-0.15, -0.1) is 0 Å². The van der Waals surface area contributed by atoms with Crippen molar-refractivity contribution in [1.29, 1.82) is 0 Å². The normalized spacial score (nSPS) is 39.7. The summed E-state index contributed by atoms with van der Waals surface area (Å²) >= 11 is 12.2. The van der Waals surface area contributed by atoms with Gasteiger partial charge in [-0.1, -0.05) is 86.0 Å². The molecular formula is C45H56Cl2N2O10. The van der Waals surface area contributed by atoms with E-state index < -0.39 is 76.6 Å². The Morgan fingerprint density at radius 2 is 1.85 bits per heavy atom. The molecular weight excluding hydrogens is 799 g/mol. The number of hydrogen-bond acceptors (Lipinski definition) is 9. The zero-order chi connectivity index (χ0) is 42.8. The zero-order valence-electron chi connectivity index (χ0n) is 34.4. The smallest absolute Gasteiger partial charge is 0.346 e. The van der Waals surface area contributed by atoms with Crippen LogP contribution in [0.5, 0.6) is 0 Å². The Hall–Kier alpha value is -3.68. The van der Waals surface area contributed by atoms with Crippen molar-refractivity contribution in [1.82, 2.24) is 10.3 Å².